The molecule has 1 N–H and O–H groups in total. The molecule has 0 bridgehead atoms. The van der Waals surface area contributed by atoms with E-state index in [-0.39, 0.29) is 11.4 Å². The topological polar surface area (TPSA) is 69.6 Å². The number of aromatic nitrogens is 1. The first kappa shape index (κ1) is 17.4. The normalized spacial score (nSPS) is 11.5. The number of sulfonamides is 1. The first-order chi connectivity index (χ1) is 10.8. The van der Waals surface area contributed by atoms with Crippen molar-refractivity contribution < 1.29 is 17.9 Å². The van der Waals surface area contributed by atoms with Gasteiger partial charge in [0.05, 0.1) is 19.1 Å². The van der Waals surface area contributed by atoms with Gasteiger partial charge in [-0.3, -0.25) is 0 Å². The number of methoxy groups -OCH3 is 2. The maximum Gasteiger partial charge on any atom is 0.241 e. The third-order valence-corrected chi connectivity index (χ3v) is 5.40. The average molecular weight is 338 g/mol. The predicted molar refractivity (Wildman–Crippen MR) is 88.5 cm³/mol. The Labute approximate surface area is 137 Å². The summed E-state index contributed by atoms with van der Waals surface area (Å²) in [5.41, 5.74) is 3.08. The molecule has 6 nitrogen and oxygen atoms in total. The van der Waals surface area contributed by atoms with Crippen LogP contribution in [0, 0.1) is 13.8 Å². The maximum absolute atomic E-state index is 12.5. The fraction of sp³-hybridized carbons (Fsp3) is 0.375. The minimum atomic E-state index is -3.63. The summed E-state index contributed by atoms with van der Waals surface area (Å²) in [4.78, 5) is 0.139. The molecule has 2 aromatic rings. The van der Waals surface area contributed by atoms with Gasteiger partial charge in [-0.1, -0.05) is 0 Å². The van der Waals surface area contributed by atoms with Crippen LogP contribution in [0.25, 0.3) is 0 Å². The van der Waals surface area contributed by atoms with Gasteiger partial charge in [-0.05, 0) is 37.6 Å². The van der Waals surface area contributed by atoms with Crippen molar-refractivity contribution in [3.63, 3.8) is 0 Å². The molecule has 0 fully saturated rings. The van der Waals surface area contributed by atoms with Crippen LogP contribution >= 0.6 is 0 Å². The van der Waals surface area contributed by atoms with Crippen molar-refractivity contribution in [1.82, 2.24) is 9.29 Å². The standard InChI is InChI=1S/C16H22N2O4S/c1-11-8-13(12(2)18(11)3)10-17-23(19,20)14-6-7-15(21-4)16(9-14)22-5/h6-9,17H,10H2,1-5H3. The highest BCUT2D eigenvalue weighted by Crippen LogP contribution is 2.29. The van der Waals surface area contributed by atoms with Crippen LogP contribution in [0.15, 0.2) is 29.2 Å². The zero-order valence-electron chi connectivity index (χ0n) is 14.0. The lowest BCUT2D eigenvalue weighted by Crippen LogP contribution is -2.23. The Morgan fingerprint density at radius 2 is 1.74 bits per heavy atom. The molecule has 126 valence electrons. The lowest BCUT2D eigenvalue weighted by atomic mass is 10.2. The van der Waals surface area contributed by atoms with Crippen LogP contribution in [0.5, 0.6) is 11.5 Å². The van der Waals surface area contributed by atoms with Gasteiger partial charge in [0.2, 0.25) is 10.0 Å². The Kier molecular flexibility index (Phi) is 5.01. The van der Waals surface area contributed by atoms with Crippen LogP contribution in [0.4, 0.5) is 0 Å². The molecule has 23 heavy (non-hydrogen) atoms. The zero-order chi connectivity index (χ0) is 17.2. The Hall–Kier alpha value is -1.99. The lowest BCUT2D eigenvalue weighted by Gasteiger charge is -2.11. The number of hydrogen-bond donors (Lipinski definition) is 1. The summed E-state index contributed by atoms with van der Waals surface area (Å²) >= 11 is 0. The predicted octanol–water partition coefficient (Wildman–Crippen LogP) is 2.14. The summed E-state index contributed by atoms with van der Waals surface area (Å²) in [5, 5.41) is 0. The minimum absolute atomic E-state index is 0.139. The van der Waals surface area contributed by atoms with Crippen molar-refractivity contribution in [1.29, 1.82) is 0 Å². The van der Waals surface area contributed by atoms with Crippen LogP contribution < -0.4 is 14.2 Å². The van der Waals surface area contributed by atoms with E-state index in [2.05, 4.69) is 4.72 Å². The van der Waals surface area contributed by atoms with Crippen molar-refractivity contribution in [2.75, 3.05) is 14.2 Å². The van der Waals surface area contributed by atoms with Gasteiger partial charge in [-0.25, -0.2) is 13.1 Å². The first-order valence-corrected chi connectivity index (χ1v) is 8.62. The van der Waals surface area contributed by atoms with Gasteiger partial charge in [0.25, 0.3) is 0 Å². The largest absolute Gasteiger partial charge is 0.493 e. The number of rotatable bonds is 6. The number of nitrogens with one attached hydrogen (secondary N) is 1. The minimum Gasteiger partial charge on any atom is -0.493 e. The number of ether oxygens (including phenoxy) is 2. The molecule has 0 spiro atoms. The molecular weight excluding hydrogens is 316 g/mol. The Morgan fingerprint density at radius 1 is 1.09 bits per heavy atom. The molecule has 0 unspecified atom stereocenters. The first-order valence-electron chi connectivity index (χ1n) is 7.13. The molecular formula is C16H22N2O4S. The number of hydrogen-bond acceptors (Lipinski definition) is 4. The molecule has 0 aliphatic carbocycles. The van der Waals surface area contributed by atoms with E-state index in [4.69, 9.17) is 9.47 Å². The van der Waals surface area contributed by atoms with E-state index < -0.39 is 10.0 Å². The number of aryl methyl sites for hydroxylation is 1. The van der Waals surface area contributed by atoms with Gasteiger partial charge in [-0.15, -0.1) is 0 Å². The summed E-state index contributed by atoms with van der Waals surface area (Å²) in [6.45, 7) is 4.19. The molecule has 2 rings (SSSR count). The van der Waals surface area contributed by atoms with Gasteiger partial charge in [0, 0.05) is 31.0 Å². The molecule has 1 aromatic heterocycles. The van der Waals surface area contributed by atoms with Gasteiger partial charge < -0.3 is 14.0 Å². The molecule has 0 amide bonds. The van der Waals surface area contributed by atoms with Gasteiger partial charge >= 0.3 is 0 Å². The molecule has 1 aromatic carbocycles. The summed E-state index contributed by atoms with van der Waals surface area (Å²) in [6.07, 6.45) is 0. The van der Waals surface area contributed by atoms with Crippen molar-refractivity contribution in [3.05, 3.63) is 41.2 Å². The monoisotopic (exact) mass is 338 g/mol. The SMILES string of the molecule is COc1ccc(S(=O)(=O)NCc2cc(C)n(C)c2C)cc1OC. The third kappa shape index (κ3) is 3.51. The van der Waals surface area contributed by atoms with Crippen LogP contribution in [0.3, 0.4) is 0 Å². The molecule has 0 aliphatic heterocycles. The third-order valence-electron chi connectivity index (χ3n) is 4.00. The van der Waals surface area contributed by atoms with Crippen LogP contribution in [0.1, 0.15) is 17.0 Å². The second-order valence-corrected chi connectivity index (χ2v) is 7.06. The zero-order valence-corrected chi connectivity index (χ0v) is 14.8. The number of benzene rings is 1. The lowest BCUT2D eigenvalue weighted by molar-refractivity contribution is 0.354. The highest BCUT2D eigenvalue weighted by Gasteiger charge is 2.18. The molecule has 0 radical (unpaired) electrons. The van der Waals surface area contributed by atoms with E-state index in [1.807, 2.05) is 31.5 Å². The molecule has 0 atom stereocenters. The van der Waals surface area contributed by atoms with Crippen molar-refractivity contribution in [2.24, 2.45) is 7.05 Å². The molecule has 7 heteroatoms. The quantitative estimate of drug-likeness (QED) is 0.876. The van der Waals surface area contributed by atoms with E-state index in [0.29, 0.717) is 11.5 Å². The smallest absolute Gasteiger partial charge is 0.241 e. The second kappa shape index (κ2) is 6.64. The summed E-state index contributed by atoms with van der Waals surface area (Å²) in [6, 6.07) is 6.49. The van der Waals surface area contributed by atoms with Crippen LogP contribution in [0.2, 0.25) is 0 Å². The van der Waals surface area contributed by atoms with Gasteiger partial charge in [-0.2, -0.15) is 0 Å². The van der Waals surface area contributed by atoms with Gasteiger partial charge in [0.15, 0.2) is 11.5 Å². The Bertz CT molecular complexity index is 810. The van der Waals surface area contributed by atoms with Crippen molar-refractivity contribution >= 4 is 10.0 Å². The highest BCUT2D eigenvalue weighted by atomic mass is 32.2. The molecule has 1 heterocycles. The van der Waals surface area contributed by atoms with E-state index >= 15 is 0 Å². The van der Waals surface area contributed by atoms with E-state index in [1.165, 1.54) is 26.4 Å². The molecule has 0 aliphatic rings. The van der Waals surface area contributed by atoms with Crippen LogP contribution in [-0.2, 0) is 23.6 Å². The average Bonchev–Trinajstić information content (AvgIpc) is 2.79. The summed E-state index contributed by atoms with van der Waals surface area (Å²) < 4.78 is 39.9. The highest BCUT2D eigenvalue weighted by molar-refractivity contribution is 7.89. The van der Waals surface area contributed by atoms with Crippen molar-refractivity contribution in [3.8, 4) is 11.5 Å². The van der Waals surface area contributed by atoms with E-state index in [1.54, 1.807) is 6.07 Å². The van der Waals surface area contributed by atoms with E-state index in [9.17, 15) is 8.42 Å². The molecule has 0 saturated carbocycles. The number of nitrogens with zero attached hydrogens (tertiary/aromatic N) is 1. The van der Waals surface area contributed by atoms with Gasteiger partial charge in [0.1, 0.15) is 0 Å². The second-order valence-electron chi connectivity index (χ2n) is 5.30. The maximum atomic E-state index is 12.5. The molecule has 0 saturated heterocycles. The summed E-state index contributed by atoms with van der Waals surface area (Å²) in [7, 11) is 1.30. The van der Waals surface area contributed by atoms with Crippen molar-refractivity contribution in [2.45, 2.75) is 25.3 Å². The Balaban J connectivity index is 2.23. The Morgan fingerprint density at radius 3 is 2.26 bits per heavy atom. The van der Waals surface area contributed by atoms with E-state index in [0.717, 1.165) is 17.0 Å². The summed E-state index contributed by atoms with van der Waals surface area (Å²) in [5.74, 6) is 0.864. The fourth-order valence-electron chi connectivity index (χ4n) is 2.35. The fourth-order valence-corrected chi connectivity index (χ4v) is 3.37. The van der Waals surface area contributed by atoms with Crippen LogP contribution in [-0.4, -0.2) is 27.2 Å².